The Labute approximate surface area is 142 Å². The summed E-state index contributed by atoms with van der Waals surface area (Å²) in [6.45, 7) is 7.12. The average Bonchev–Trinajstić information content (AvgIpc) is 2.56. The van der Waals surface area contributed by atoms with Gasteiger partial charge in [0.15, 0.2) is 0 Å². The van der Waals surface area contributed by atoms with E-state index in [2.05, 4.69) is 41.9 Å². The maximum atomic E-state index is 12.1. The van der Waals surface area contributed by atoms with Gasteiger partial charge in [0.25, 0.3) is 0 Å². The van der Waals surface area contributed by atoms with Crippen LogP contribution in [0.3, 0.4) is 0 Å². The van der Waals surface area contributed by atoms with E-state index in [9.17, 15) is 9.59 Å². The molecule has 130 valence electrons. The van der Waals surface area contributed by atoms with Crippen molar-refractivity contribution in [1.29, 1.82) is 0 Å². The molecule has 6 nitrogen and oxygen atoms in total. The van der Waals surface area contributed by atoms with E-state index < -0.39 is 0 Å². The summed E-state index contributed by atoms with van der Waals surface area (Å²) in [6.07, 6.45) is 0. The van der Waals surface area contributed by atoms with Crippen molar-refractivity contribution in [2.75, 3.05) is 19.7 Å². The van der Waals surface area contributed by atoms with Crippen molar-refractivity contribution in [3.8, 4) is 0 Å². The molecule has 1 atom stereocenters. The first kappa shape index (κ1) is 18.0. The number of nitrogens with two attached hydrogens (primary N) is 1. The lowest BCUT2D eigenvalue weighted by atomic mass is 9.96. The topological polar surface area (TPSA) is 84.0 Å². The predicted molar refractivity (Wildman–Crippen MR) is 91.0 cm³/mol. The molecular weight excluding hydrogens is 306 g/mol. The molecule has 0 bridgehead atoms. The number of quaternary nitrogens is 1. The zero-order valence-corrected chi connectivity index (χ0v) is 14.5. The van der Waals surface area contributed by atoms with E-state index in [4.69, 9.17) is 4.74 Å². The van der Waals surface area contributed by atoms with Gasteiger partial charge >= 0.3 is 12.0 Å². The number of ether oxygens (including phenoxy) is 1. The highest BCUT2D eigenvalue weighted by Crippen LogP contribution is 2.17. The molecule has 0 saturated heterocycles. The first-order valence-corrected chi connectivity index (χ1v) is 8.35. The zero-order chi connectivity index (χ0) is 17.5. The Bertz CT molecular complexity index is 611. The Hall–Kier alpha value is -2.34. The lowest BCUT2D eigenvalue weighted by Gasteiger charge is -2.24. The van der Waals surface area contributed by atoms with E-state index in [0.717, 1.165) is 0 Å². The largest absolute Gasteiger partial charge is 0.463 e. The van der Waals surface area contributed by atoms with Crippen LogP contribution < -0.4 is 16.0 Å². The maximum Gasteiger partial charge on any atom is 0.337 e. The van der Waals surface area contributed by atoms with E-state index in [1.54, 1.807) is 6.92 Å². The third kappa shape index (κ3) is 4.58. The molecule has 1 aromatic carbocycles. The highest BCUT2D eigenvalue weighted by atomic mass is 16.5. The van der Waals surface area contributed by atoms with Crippen LogP contribution in [0.1, 0.15) is 32.4 Å². The van der Waals surface area contributed by atoms with Gasteiger partial charge in [-0.15, -0.1) is 0 Å². The molecule has 0 spiro atoms. The lowest BCUT2D eigenvalue weighted by Crippen LogP contribution is -2.87. The molecule has 2 amide bonds. The van der Waals surface area contributed by atoms with Gasteiger partial charge in [-0.3, -0.25) is 0 Å². The van der Waals surface area contributed by atoms with Crippen LogP contribution in [0, 0.1) is 5.92 Å². The third-order valence-corrected chi connectivity index (χ3v) is 4.05. The molecule has 1 heterocycles. The minimum absolute atomic E-state index is 0.200. The first-order chi connectivity index (χ1) is 11.5. The normalized spacial score (nSPS) is 15.8. The molecular formula is C18H26N3O3+. The van der Waals surface area contributed by atoms with Crippen LogP contribution in [-0.4, -0.2) is 31.7 Å². The summed E-state index contributed by atoms with van der Waals surface area (Å²) in [6, 6.07) is 10.2. The fraction of sp³-hybridized carbons (Fsp3) is 0.444. The van der Waals surface area contributed by atoms with Gasteiger partial charge in [-0.2, -0.15) is 0 Å². The summed E-state index contributed by atoms with van der Waals surface area (Å²) in [4.78, 5) is 23.7. The van der Waals surface area contributed by atoms with Gasteiger partial charge in [-0.1, -0.05) is 44.2 Å². The molecule has 24 heavy (non-hydrogen) atoms. The number of rotatable bonds is 7. The molecule has 0 radical (unpaired) electrons. The van der Waals surface area contributed by atoms with Crippen LogP contribution in [0.2, 0.25) is 0 Å². The molecule has 1 aliphatic heterocycles. The number of nitrogens with one attached hydrogen (secondary N) is 2. The molecule has 2 rings (SSSR count). The standard InChI is InChI=1S/C18H25N3O3/c1-4-24-17(22)14-10-20-18(23)21-15(14)11-19-16(12(2)3)13-8-6-5-7-9-13/h5-9,12,16,19H,4,10-11H2,1-3H3,(H2,20,21,23)/p+1/t16-/m0/s1. The second-order valence-corrected chi connectivity index (χ2v) is 6.11. The van der Waals surface area contributed by atoms with Gasteiger partial charge in [0.2, 0.25) is 0 Å². The number of carbonyl (C=O) groups is 2. The molecule has 0 saturated carbocycles. The SMILES string of the molecule is CCOC(=O)C1=C(C[NH2+][C@H](c2ccccc2)C(C)C)NC(=O)NC1. The Morgan fingerprint density at radius 1 is 1.29 bits per heavy atom. The minimum Gasteiger partial charge on any atom is -0.463 e. The van der Waals surface area contributed by atoms with Crippen LogP contribution in [-0.2, 0) is 9.53 Å². The van der Waals surface area contributed by atoms with E-state index in [1.165, 1.54) is 5.56 Å². The first-order valence-electron chi connectivity index (χ1n) is 8.35. The molecule has 4 N–H and O–H groups in total. The Kier molecular flexibility index (Phi) is 6.37. The molecule has 0 aliphatic carbocycles. The smallest absolute Gasteiger partial charge is 0.337 e. The second-order valence-electron chi connectivity index (χ2n) is 6.11. The van der Waals surface area contributed by atoms with E-state index in [0.29, 0.717) is 30.3 Å². The van der Waals surface area contributed by atoms with E-state index in [-0.39, 0.29) is 24.6 Å². The van der Waals surface area contributed by atoms with Crippen LogP contribution in [0.15, 0.2) is 41.6 Å². The van der Waals surface area contributed by atoms with Crippen LogP contribution >= 0.6 is 0 Å². The maximum absolute atomic E-state index is 12.1. The van der Waals surface area contributed by atoms with Gasteiger partial charge in [0.05, 0.1) is 24.4 Å². The van der Waals surface area contributed by atoms with Crippen molar-refractivity contribution in [1.82, 2.24) is 10.6 Å². The van der Waals surface area contributed by atoms with Crippen molar-refractivity contribution >= 4 is 12.0 Å². The Morgan fingerprint density at radius 3 is 2.62 bits per heavy atom. The molecule has 0 aromatic heterocycles. The number of benzene rings is 1. The summed E-state index contributed by atoms with van der Waals surface area (Å²) >= 11 is 0. The average molecular weight is 332 g/mol. The van der Waals surface area contributed by atoms with Gasteiger partial charge in [-0.25, -0.2) is 9.59 Å². The van der Waals surface area contributed by atoms with Crippen LogP contribution in [0.5, 0.6) is 0 Å². The molecule has 0 unspecified atom stereocenters. The Morgan fingerprint density at radius 2 is 2.00 bits per heavy atom. The number of hydrogen-bond acceptors (Lipinski definition) is 3. The number of hydrogen-bond donors (Lipinski definition) is 3. The summed E-state index contributed by atoms with van der Waals surface area (Å²) in [5.74, 6) is 0.0330. The molecule has 1 aliphatic rings. The summed E-state index contributed by atoms with van der Waals surface area (Å²) in [7, 11) is 0. The van der Waals surface area contributed by atoms with Crippen molar-refractivity contribution in [3.63, 3.8) is 0 Å². The van der Waals surface area contributed by atoms with E-state index in [1.807, 2.05) is 18.2 Å². The second kappa shape index (κ2) is 8.49. The highest BCUT2D eigenvalue weighted by molar-refractivity contribution is 5.93. The fourth-order valence-corrected chi connectivity index (χ4v) is 2.83. The van der Waals surface area contributed by atoms with Crippen molar-refractivity contribution < 1.29 is 19.6 Å². The quantitative estimate of drug-likeness (QED) is 0.653. The predicted octanol–water partition coefficient (Wildman–Crippen LogP) is 1.08. The summed E-state index contributed by atoms with van der Waals surface area (Å²) in [5.41, 5.74) is 2.34. The summed E-state index contributed by atoms with van der Waals surface area (Å²) < 4.78 is 5.08. The van der Waals surface area contributed by atoms with Crippen molar-refractivity contribution in [3.05, 3.63) is 47.2 Å². The lowest BCUT2D eigenvalue weighted by molar-refractivity contribution is -0.696. The molecule has 0 fully saturated rings. The van der Waals surface area contributed by atoms with Gasteiger partial charge in [-0.05, 0) is 6.92 Å². The van der Waals surface area contributed by atoms with Crippen molar-refractivity contribution in [2.45, 2.75) is 26.8 Å². The zero-order valence-electron chi connectivity index (χ0n) is 14.5. The highest BCUT2D eigenvalue weighted by Gasteiger charge is 2.26. The van der Waals surface area contributed by atoms with Gasteiger partial charge < -0.3 is 20.7 Å². The van der Waals surface area contributed by atoms with Crippen LogP contribution in [0.4, 0.5) is 4.79 Å². The van der Waals surface area contributed by atoms with Gasteiger partial charge in [0.1, 0.15) is 12.6 Å². The van der Waals surface area contributed by atoms with Crippen LogP contribution in [0.25, 0.3) is 0 Å². The number of amides is 2. The van der Waals surface area contributed by atoms with E-state index >= 15 is 0 Å². The minimum atomic E-state index is -0.380. The van der Waals surface area contributed by atoms with Crippen molar-refractivity contribution in [2.24, 2.45) is 5.92 Å². The number of esters is 1. The fourth-order valence-electron chi connectivity index (χ4n) is 2.83. The van der Waals surface area contributed by atoms with Gasteiger partial charge in [0, 0.05) is 11.5 Å². The molecule has 1 aromatic rings. The number of carbonyl (C=O) groups excluding carboxylic acids is 2. The molecule has 6 heteroatoms. The number of urea groups is 1. The third-order valence-electron chi connectivity index (χ3n) is 4.05. The Balaban J connectivity index is 2.15. The summed E-state index contributed by atoms with van der Waals surface area (Å²) in [5, 5.41) is 7.52. The monoisotopic (exact) mass is 332 g/mol.